The van der Waals surface area contributed by atoms with Gasteiger partial charge >= 0.3 is 12.0 Å². The van der Waals surface area contributed by atoms with Gasteiger partial charge in [-0.1, -0.05) is 6.07 Å². The van der Waals surface area contributed by atoms with Gasteiger partial charge in [-0.05, 0) is 23.8 Å². The first-order valence-corrected chi connectivity index (χ1v) is 6.64. The van der Waals surface area contributed by atoms with Crippen LogP contribution in [0.1, 0.15) is 5.56 Å². The highest BCUT2D eigenvalue weighted by Crippen LogP contribution is 2.29. The number of nitrogens with zero attached hydrogens (tertiary/aromatic N) is 1. The van der Waals surface area contributed by atoms with Crippen LogP contribution in [-0.4, -0.2) is 50.7 Å². The predicted octanol–water partition coefficient (Wildman–Crippen LogP) is 0.769. The Labute approximate surface area is 132 Å². The Bertz CT molecular complexity index is 683. The fourth-order valence-corrected chi connectivity index (χ4v) is 1.88. The first kappa shape index (κ1) is 16.3. The number of hydrogen-bond acceptors (Lipinski definition) is 6. The van der Waals surface area contributed by atoms with Crippen molar-refractivity contribution in [2.45, 2.75) is 0 Å². The van der Waals surface area contributed by atoms with Crippen molar-refractivity contribution in [2.75, 3.05) is 27.9 Å². The largest absolute Gasteiger partial charge is 0.493 e. The van der Waals surface area contributed by atoms with Crippen molar-refractivity contribution in [1.82, 2.24) is 10.2 Å². The Hall–Kier alpha value is -3.03. The molecule has 0 unspecified atom stereocenters. The molecule has 0 aromatic heterocycles. The van der Waals surface area contributed by atoms with Crippen LogP contribution in [0.2, 0.25) is 0 Å². The lowest BCUT2D eigenvalue weighted by Gasteiger charge is -2.10. The second kappa shape index (κ2) is 6.82. The van der Waals surface area contributed by atoms with Crippen molar-refractivity contribution in [1.29, 1.82) is 0 Å². The molecule has 0 bridgehead atoms. The summed E-state index contributed by atoms with van der Waals surface area (Å²) in [6, 6.07) is 4.40. The van der Waals surface area contributed by atoms with Crippen molar-refractivity contribution < 1.29 is 28.6 Å². The zero-order chi connectivity index (χ0) is 17.0. The third-order valence-electron chi connectivity index (χ3n) is 3.15. The van der Waals surface area contributed by atoms with Crippen LogP contribution in [0.5, 0.6) is 11.5 Å². The third kappa shape index (κ3) is 3.60. The molecule has 1 saturated heterocycles. The van der Waals surface area contributed by atoms with E-state index in [-0.39, 0.29) is 12.3 Å². The predicted molar refractivity (Wildman–Crippen MR) is 79.8 cm³/mol. The van der Waals surface area contributed by atoms with E-state index in [1.54, 1.807) is 18.2 Å². The first-order valence-electron chi connectivity index (χ1n) is 6.64. The van der Waals surface area contributed by atoms with Crippen LogP contribution in [0, 0.1) is 0 Å². The number of amides is 3. The van der Waals surface area contributed by atoms with Crippen LogP contribution in [0.15, 0.2) is 23.9 Å². The number of ether oxygens (including phenoxy) is 3. The van der Waals surface area contributed by atoms with Crippen LogP contribution in [0.3, 0.4) is 0 Å². The molecule has 8 nitrogen and oxygen atoms in total. The molecule has 1 fully saturated rings. The molecule has 1 N–H and O–H groups in total. The molecule has 8 heteroatoms. The number of urea groups is 1. The normalized spacial score (nSPS) is 15.6. The number of likely N-dealkylation sites (N-methyl/N-ethyl adjacent to an activating group) is 1. The summed E-state index contributed by atoms with van der Waals surface area (Å²) in [6.07, 6.45) is 1.52. The number of esters is 1. The van der Waals surface area contributed by atoms with Gasteiger partial charge in [-0.2, -0.15) is 0 Å². The fourth-order valence-electron chi connectivity index (χ4n) is 1.88. The molecule has 122 valence electrons. The highest BCUT2D eigenvalue weighted by atomic mass is 16.6. The first-order chi connectivity index (χ1) is 11.0. The molecule has 1 aliphatic rings. The third-order valence-corrected chi connectivity index (χ3v) is 3.15. The SMILES string of the molecule is COC(=O)COc1ccc(/C=C2/NC(=O)N(C)C2=O)cc1OC. The van der Waals surface area contributed by atoms with E-state index < -0.39 is 17.9 Å². The second-order valence-corrected chi connectivity index (χ2v) is 4.63. The van der Waals surface area contributed by atoms with E-state index in [9.17, 15) is 14.4 Å². The number of hydrogen-bond donors (Lipinski definition) is 1. The van der Waals surface area contributed by atoms with Gasteiger partial charge in [0.05, 0.1) is 14.2 Å². The van der Waals surface area contributed by atoms with Crippen LogP contribution < -0.4 is 14.8 Å². The van der Waals surface area contributed by atoms with E-state index in [0.717, 1.165) is 4.90 Å². The van der Waals surface area contributed by atoms with Gasteiger partial charge in [0.2, 0.25) is 0 Å². The van der Waals surface area contributed by atoms with E-state index in [1.165, 1.54) is 27.3 Å². The van der Waals surface area contributed by atoms with Gasteiger partial charge in [-0.15, -0.1) is 0 Å². The van der Waals surface area contributed by atoms with E-state index in [4.69, 9.17) is 9.47 Å². The van der Waals surface area contributed by atoms with E-state index in [2.05, 4.69) is 10.1 Å². The summed E-state index contributed by atoms with van der Waals surface area (Å²) >= 11 is 0. The molecule has 23 heavy (non-hydrogen) atoms. The standard InChI is InChI=1S/C15H16N2O6/c1-17-14(19)10(16-15(17)20)6-9-4-5-11(12(7-9)21-2)23-8-13(18)22-3/h4-7H,8H2,1-3H3,(H,16,20)/b10-6+. The van der Waals surface area contributed by atoms with Gasteiger partial charge in [0, 0.05) is 7.05 Å². The van der Waals surface area contributed by atoms with Crippen molar-refractivity contribution in [3.63, 3.8) is 0 Å². The Morgan fingerprint density at radius 1 is 1.26 bits per heavy atom. The summed E-state index contributed by atoms with van der Waals surface area (Å²) in [7, 11) is 4.11. The smallest absolute Gasteiger partial charge is 0.343 e. The van der Waals surface area contributed by atoms with Crippen LogP contribution >= 0.6 is 0 Å². The number of carbonyl (C=O) groups excluding carboxylic acids is 3. The average molecular weight is 320 g/mol. The Kier molecular flexibility index (Phi) is 4.85. The number of benzene rings is 1. The lowest BCUT2D eigenvalue weighted by atomic mass is 10.1. The summed E-state index contributed by atoms with van der Waals surface area (Å²) in [5.74, 6) is -0.187. The number of rotatable bonds is 5. The maximum absolute atomic E-state index is 11.8. The van der Waals surface area contributed by atoms with Gasteiger partial charge in [0.25, 0.3) is 5.91 Å². The molecule has 2 rings (SSSR count). The van der Waals surface area contributed by atoms with Crippen LogP contribution in [0.25, 0.3) is 6.08 Å². The summed E-state index contributed by atoms with van der Waals surface area (Å²) in [4.78, 5) is 35.3. The number of methoxy groups -OCH3 is 2. The molecule has 0 saturated carbocycles. The topological polar surface area (TPSA) is 94.2 Å². The van der Waals surface area contributed by atoms with Gasteiger partial charge in [-0.3, -0.25) is 9.69 Å². The van der Waals surface area contributed by atoms with Crippen molar-refractivity contribution in [3.8, 4) is 11.5 Å². The minimum Gasteiger partial charge on any atom is -0.493 e. The van der Waals surface area contributed by atoms with E-state index in [0.29, 0.717) is 17.1 Å². The summed E-state index contributed by atoms with van der Waals surface area (Å²) in [5.41, 5.74) is 0.800. The minimum absolute atomic E-state index is 0.169. The maximum Gasteiger partial charge on any atom is 0.343 e. The van der Waals surface area contributed by atoms with Gasteiger partial charge in [0.1, 0.15) is 5.70 Å². The van der Waals surface area contributed by atoms with Crippen LogP contribution in [-0.2, 0) is 14.3 Å². The van der Waals surface area contributed by atoms with Gasteiger partial charge < -0.3 is 19.5 Å². The number of imide groups is 1. The van der Waals surface area contributed by atoms with Crippen molar-refractivity contribution in [3.05, 3.63) is 29.5 Å². The van der Waals surface area contributed by atoms with Crippen molar-refractivity contribution in [2.24, 2.45) is 0 Å². The monoisotopic (exact) mass is 320 g/mol. The molecular weight excluding hydrogens is 304 g/mol. The lowest BCUT2D eigenvalue weighted by molar-refractivity contribution is -0.142. The van der Waals surface area contributed by atoms with Crippen LogP contribution in [0.4, 0.5) is 4.79 Å². The molecule has 0 spiro atoms. The molecule has 1 aromatic rings. The molecule has 1 aromatic carbocycles. The lowest BCUT2D eigenvalue weighted by Crippen LogP contribution is -2.25. The summed E-state index contributed by atoms with van der Waals surface area (Å²) < 4.78 is 15.0. The van der Waals surface area contributed by atoms with Crippen molar-refractivity contribution >= 4 is 24.0 Å². The molecule has 1 aliphatic heterocycles. The van der Waals surface area contributed by atoms with E-state index in [1.807, 2.05) is 0 Å². The zero-order valence-electron chi connectivity index (χ0n) is 12.9. The second-order valence-electron chi connectivity index (χ2n) is 4.63. The molecule has 3 amide bonds. The Balaban J connectivity index is 2.20. The Morgan fingerprint density at radius 3 is 2.57 bits per heavy atom. The minimum atomic E-state index is -0.513. The molecular formula is C15H16N2O6. The highest BCUT2D eigenvalue weighted by molar-refractivity contribution is 6.13. The molecule has 0 radical (unpaired) electrons. The quantitative estimate of drug-likeness (QED) is 0.489. The molecule has 0 aliphatic carbocycles. The molecule has 0 atom stereocenters. The van der Waals surface area contributed by atoms with Gasteiger partial charge in [0.15, 0.2) is 18.1 Å². The number of carbonyl (C=O) groups is 3. The molecule has 1 heterocycles. The summed E-state index contributed by atoms with van der Waals surface area (Å²) in [6.45, 7) is -0.243. The van der Waals surface area contributed by atoms with E-state index >= 15 is 0 Å². The number of nitrogens with one attached hydrogen (secondary N) is 1. The maximum atomic E-state index is 11.8. The zero-order valence-corrected chi connectivity index (χ0v) is 12.9. The fraction of sp³-hybridized carbons (Fsp3) is 0.267. The van der Waals surface area contributed by atoms with Gasteiger partial charge in [-0.25, -0.2) is 9.59 Å². The highest BCUT2D eigenvalue weighted by Gasteiger charge is 2.29. The average Bonchev–Trinajstić information content (AvgIpc) is 2.80. The Morgan fingerprint density at radius 2 is 2.00 bits per heavy atom. The summed E-state index contributed by atoms with van der Waals surface area (Å²) in [5, 5.41) is 2.47.